The van der Waals surface area contributed by atoms with Gasteiger partial charge in [0.05, 0.1) is 22.1 Å². The number of rotatable bonds is 9. The lowest BCUT2D eigenvalue weighted by molar-refractivity contribution is 0.102. The summed E-state index contributed by atoms with van der Waals surface area (Å²) in [7, 11) is -7.79. The van der Waals surface area contributed by atoms with Gasteiger partial charge < -0.3 is 24.6 Å². The fourth-order valence-corrected chi connectivity index (χ4v) is 4.30. The molecule has 1 aromatic heterocycles. The maximum atomic E-state index is 12.8. The second-order valence-corrected chi connectivity index (χ2v) is 11.6. The van der Waals surface area contributed by atoms with Crippen LogP contribution in [0.1, 0.15) is 31.1 Å². The van der Waals surface area contributed by atoms with Crippen LogP contribution in [0, 0.1) is 0 Å². The Morgan fingerprint density at radius 2 is 1.69 bits per heavy atom. The first kappa shape index (κ1) is 26.4. The van der Waals surface area contributed by atoms with E-state index < -0.39 is 23.3 Å². The maximum Gasteiger partial charge on any atom is 0.357 e. The Balaban J connectivity index is 1.85. The number of anilines is 1. The van der Waals surface area contributed by atoms with Crippen molar-refractivity contribution in [3.63, 3.8) is 0 Å². The molecule has 3 aromatic rings. The van der Waals surface area contributed by atoms with Gasteiger partial charge in [0.15, 0.2) is 9.84 Å². The van der Waals surface area contributed by atoms with Gasteiger partial charge in [0.25, 0.3) is 5.91 Å². The van der Waals surface area contributed by atoms with Crippen molar-refractivity contribution in [1.82, 2.24) is 4.98 Å². The van der Waals surface area contributed by atoms with Crippen LogP contribution in [0.3, 0.4) is 0 Å². The third-order valence-corrected chi connectivity index (χ3v) is 7.33. The van der Waals surface area contributed by atoms with E-state index in [2.05, 4.69) is 10.3 Å². The van der Waals surface area contributed by atoms with Crippen molar-refractivity contribution in [3.05, 3.63) is 66.4 Å². The number of nitrogens with one attached hydrogen (secondary N) is 1. The van der Waals surface area contributed by atoms with E-state index in [0.29, 0.717) is 11.5 Å². The predicted octanol–water partition coefficient (Wildman–Crippen LogP) is 3.51. The van der Waals surface area contributed by atoms with Crippen LogP contribution in [0.2, 0.25) is 0 Å². The molecule has 3 N–H and O–H groups in total. The number of aromatic nitrogens is 1. The van der Waals surface area contributed by atoms with Crippen LogP contribution in [-0.2, 0) is 14.4 Å². The largest absolute Gasteiger partial charge is 0.491 e. The zero-order valence-corrected chi connectivity index (χ0v) is 20.9. The average molecular weight is 521 g/mol. The van der Waals surface area contributed by atoms with Crippen molar-refractivity contribution >= 4 is 34.5 Å². The highest BCUT2D eigenvalue weighted by Gasteiger charge is 2.18. The van der Waals surface area contributed by atoms with E-state index in [1.807, 2.05) is 13.8 Å². The monoisotopic (exact) mass is 520 g/mol. The van der Waals surface area contributed by atoms with E-state index >= 15 is 0 Å². The lowest BCUT2D eigenvalue weighted by atomic mass is 10.2. The summed E-state index contributed by atoms with van der Waals surface area (Å²) in [6, 6.07) is 13.0. The van der Waals surface area contributed by atoms with Crippen molar-refractivity contribution < 1.29 is 37.0 Å². The van der Waals surface area contributed by atoms with Crippen molar-refractivity contribution in [2.75, 3.05) is 11.1 Å². The number of pyridine rings is 1. The normalized spacial score (nSPS) is 11.8. The quantitative estimate of drug-likeness (QED) is 0.360. The molecule has 12 heteroatoms. The number of sulfone groups is 1. The van der Waals surface area contributed by atoms with Gasteiger partial charge >= 0.3 is 7.60 Å². The molecule has 0 atom stereocenters. The molecule has 1 amide bonds. The van der Waals surface area contributed by atoms with E-state index in [0.717, 1.165) is 6.20 Å². The Kier molecular flexibility index (Phi) is 7.97. The Bertz CT molecular complexity index is 1350. The molecule has 0 bridgehead atoms. The number of hydrogen-bond acceptors (Lipinski definition) is 7. The molecular formula is C23H25N2O8PS. The Hall–Kier alpha value is -3.24. The number of benzene rings is 2. The standard InChI is InChI=1S/C23H25N2O8PS/c1-4-35(30,31)21-8-5-17(6-9-21)33-19-12-16(11-18(13-19)32-15(2)3)23(26)25-22-10-7-20(14-24-22)34(27,28)29/h5-15H,4H2,1-3H3,(H,24,25,26)(H2,27,28,29). The van der Waals surface area contributed by atoms with Crippen LogP contribution < -0.4 is 20.1 Å². The molecule has 186 valence electrons. The van der Waals surface area contributed by atoms with Crippen LogP contribution in [0.25, 0.3) is 0 Å². The number of carbonyl (C=O) groups excluding carboxylic acids is 1. The molecular weight excluding hydrogens is 495 g/mol. The van der Waals surface area contributed by atoms with Gasteiger partial charge in [-0.15, -0.1) is 0 Å². The summed E-state index contributed by atoms with van der Waals surface area (Å²) in [4.78, 5) is 35.3. The number of carbonyl (C=O) groups is 1. The van der Waals surface area contributed by atoms with Crippen molar-refractivity contribution in [2.24, 2.45) is 0 Å². The molecule has 0 radical (unpaired) electrons. The third kappa shape index (κ3) is 7.12. The number of hydrogen-bond donors (Lipinski definition) is 3. The molecule has 0 saturated carbocycles. The van der Waals surface area contributed by atoms with E-state index in [1.54, 1.807) is 13.0 Å². The number of ether oxygens (including phenoxy) is 2. The van der Waals surface area contributed by atoms with Gasteiger partial charge in [-0.1, -0.05) is 6.92 Å². The fourth-order valence-electron chi connectivity index (χ4n) is 2.94. The van der Waals surface area contributed by atoms with Gasteiger partial charge in [0.2, 0.25) is 0 Å². The predicted molar refractivity (Wildman–Crippen MR) is 130 cm³/mol. The zero-order valence-electron chi connectivity index (χ0n) is 19.2. The fraction of sp³-hybridized carbons (Fsp3) is 0.217. The molecule has 0 aliphatic heterocycles. The summed E-state index contributed by atoms with van der Waals surface area (Å²) in [6.45, 7) is 5.22. The molecule has 10 nitrogen and oxygen atoms in total. The van der Waals surface area contributed by atoms with Gasteiger partial charge in [-0.25, -0.2) is 13.4 Å². The number of amides is 1. The van der Waals surface area contributed by atoms with E-state index in [9.17, 15) is 27.6 Å². The molecule has 0 fully saturated rings. The molecule has 2 aromatic carbocycles. The van der Waals surface area contributed by atoms with Crippen LogP contribution >= 0.6 is 7.60 Å². The van der Waals surface area contributed by atoms with Gasteiger partial charge in [0.1, 0.15) is 23.1 Å². The summed E-state index contributed by atoms with van der Waals surface area (Å²) in [5, 5.41) is 2.29. The first-order valence-electron chi connectivity index (χ1n) is 10.5. The van der Waals surface area contributed by atoms with Crippen LogP contribution in [0.5, 0.6) is 17.2 Å². The first-order valence-corrected chi connectivity index (χ1v) is 13.8. The summed E-state index contributed by atoms with van der Waals surface area (Å²) in [6.07, 6.45) is 0.813. The summed E-state index contributed by atoms with van der Waals surface area (Å²) < 4.78 is 46.9. The van der Waals surface area contributed by atoms with E-state index in [1.165, 1.54) is 48.5 Å². The minimum absolute atomic E-state index is 0.0167. The molecule has 3 rings (SSSR count). The molecule has 0 spiro atoms. The number of nitrogens with zero attached hydrogens (tertiary/aromatic N) is 1. The SMILES string of the molecule is CCS(=O)(=O)c1ccc(Oc2cc(OC(C)C)cc(C(=O)Nc3ccc(P(=O)(O)O)cn3)c2)cc1. The Morgan fingerprint density at radius 1 is 1.03 bits per heavy atom. The second-order valence-electron chi connectivity index (χ2n) is 7.74. The Morgan fingerprint density at radius 3 is 2.23 bits per heavy atom. The first-order chi connectivity index (χ1) is 16.4. The lowest BCUT2D eigenvalue weighted by Gasteiger charge is -2.14. The highest BCUT2D eigenvalue weighted by Crippen LogP contribution is 2.33. The van der Waals surface area contributed by atoms with Crippen molar-refractivity contribution in [3.8, 4) is 17.2 Å². The van der Waals surface area contributed by atoms with Crippen LogP contribution in [-0.4, -0.2) is 41.0 Å². The average Bonchev–Trinajstić information content (AvgIpc) is 2.78. The van der Waals surface area contributed by atoms with Crippen LogP contribution in [0.4, 0.5) is 5.82 Å². The van der Waals surface area contributed by atoms with Crippen LogP contribution in [0.15, 0.2) is 65.7 Å². The second kappa shape index (κ2) is 10.6. The maximum absolute atomic E-state index is 12.8. The molecule has 0 unspecified atom stereocenters. The third-order valence-electron chi connectivity index (χ3n) is 4.64. The van der Waals surface area contributed by atoms with Crippen molar-refractivity contribution in [1.29, 1.82) is 0 Å². The summed E-state index contributed by atoms with van der Waals surface area (Å²) in [5.74, 6) is 0.545. The lowest BCUT2D eigenvalue weighted by Crippen LogP contribution is -2.15. The molecule has 1 heterocycles. The topological polar surface area (TPSA) is 152 Å². The molecule has 0 aliphatic carbocycles. The minimum atomic E-state index is -4.45. The highest BCUT2D eigenvalue weighted by molar-refractivity contribution is 7.91. The zero-order chi connectivity index (χ0) is 25.8. The van der Waals surface area contributed by atoms with E-state index in [-0.39, 0.29) is 39.2 Å². The van der Waals surface area contributed by atoms with Gasteiger partial charge in [-0.2, -0.15) is 0 Å². The highest BCUT2D eigenvalue weighted by atomic mass is 32.2. The minimum Gasteiger partial charge on any atom is -0.491 e. The van der Waals surface area contributed by atoms with Crippen molar-refractivity contribution in [2.45, 2.75) is 31.8 Å². The van der Waals surface area contributed by atoms with Gasteiger partial charge in [0, 0.05) is 17.8 Å². The van der Waals surface area contributed by atoms with Gasteiger partial charge in [-0.05, 0) is 62.4 Å². The summed E-state index contributed by atoms with van der Waals surface area (Å²) >= 11 is 0. The molecule has 35 heavy (non-hydrogen) atoms. The van der Waals surface area contributed by atoms with E-state index in [4.69, 9.17) is 9.47 Å². The molecule has 0 saturated heterocycles. The smallest absolute Gasteiger partial charge is 0.357 e. The van der Waals surface area contributed by atoms with Gasteiger partial charge in [-0.3, -0.25) is 9.36 Å². The molecule has 0 aliphatic rings. The Labute approximate surface area is 203 Å². The summed E-state index contributed by atoms with van der Waals surface area (Å²) in [5.41, 5.74) is 0.184.